The van der Waals surface area contributed by atoms with Crippen LogP contribution in [-0.2, 0) is 19.0 Å². The van der Waals surface area contributed by atoms with Crippen LogP contribution in [-0.4, -0.2) is 35.4 Å². The van der Waals surface area contributed by atoms with Crippen molar-refractivity contribution in [1.29, 1.82) is 0 Å². The van der Waals surface area contributed by atoms with Crippen LogP contribution in [0.4, 0.5) is 0 Å². The highest BCUT2D eigenvalue weighted by Crippen LogP contribution is 2.57. The first kappa shape index (κ1) is 14.0. The van der Waals surface area contributed by atoms with Crippen molar-refractivity contribution in [2.45, 2.75) is 57.9 Å². The highest BCUT2D eigenvalue weighted by molar-refractivity contribution is 5.69. The molecule has 5 heteroatoms. The van der Waals surface area contributed by atoms with E-state index >= 15 is 0 Å². The molecule has 20 heavy (non-hydrogen) atoms. The number of hydrogen-bond acceptors (Lipinski definition) is 5. The molecular weight excluding hydrogens is 260 g/mol. The summed E-state index contributed by atoms with van der Waals surface area (Å²) in [5, 5.41) is 10.2. The normalized spacial score (nSPS) is 46.0. The van der Waals surface area contributed by atoms with Gasteiger partial charge >= 0.3 is 5.97 Å². The van der Waals surface area contributed by atoms with Crippen LogP contribution in [0.2, 0.25) is 0 Å². The zero-order valence-corrected chi connectivity index (χ0v) is 12.2. The van der Waals surface area contributed by atoms with Crippen molar-refractivity contribution in [1.82, 2.24) is 0 Å². The number of ether oxygens (including phenoxy) is 3. The fourth-order valence-corrected chi connectivity index (χ4v) is 3.66. The first-order valence-electron chi connectivity index (χ1n) is 7.22. The SMILES string of the molecule is C=C1[C@H]2O[C@@H](OC(=O)CC(C)C)[C@H]3[C@H]1C[C@H](O)[C@@]3(C)O2. The summed E-state index contributed by atoms with van der Waals surface area (Å²) in [6.45, 7) is 9.80. The van der Waals surface area contributed by atoms with E-state index in [1.807, 2.05) is 20.8 Å². The van der Waals surface area contributed by atoms with E-state index in [1.165, 1.54) is 0 Å². The predicted molar refractivity (Wildman–Crippen MR) is 70.4 cm³/mol. The van der Waals surface area contributed by atoms with E-state index < -0.39 is 24.3 Å². The number of fused-ring (bicyclic) bond motifs is 1. The van der Waals surface area contributed by atoms with E-state index in [9.17, 15) is 9.90 Å². The van der Waals surface area contributed by atoms with Gasteiger partial charge in [0.25, 0.3) is 0 Å². The van der Waals surface area contributed by atoms with Crippen LogP contribution in [0.1, 0.15) is 33.6 Å². The van der Waals surface area contributed by atoms with Crippen molar-refractivity contribution in [2.24, 2.45) is 17.8 Å². The molecule has 4 bridgehead atoms. The molecule has 3 heterocycles. The van der Waals surface area contributed by atoms with Crippen molar-refractivity contribution < 1.29 is 24.1 Å². The molecular formula is C15H22O5. The topological polar surface area (TPSA) is 65.0 Å². The van der Waals surface area contributed by atoms with E-state index in [2.05, 4.69) is 6.58 Å². The molecule has 0 aromatic rings. The number of aliphatic hydroxyl groups is 1. The van der Waals surface area contributed by atoms with Crippen molar-refractivity contribution in [3.63, 3.8) is 0 Å². The summed E-state index contributed by atoms with van der Waals surface area (Å²) < 4.78 is 17.0. The van der Waals surface area contributed by atoms with Crippen LogP contribution in [0.5, 0.6) is 0 Å². The molecule has 0 aromatic heterocycles. The van der Waals surface area contributed by atoms with Gasteiger partial charge in [-0.05, 0) is 30.8 Å². The van der Waals surface area contributed by atoms with Crippen molar-refractivity contribution in [3.05, 3.63) is 12.2 Å². The summed E-state index contributed by atoms with van der Waals surface area (Å²) in [4.78, 5) is 11.9. The minimum Gasteiger partial charge on any atom is -0.435 e. The van der Waals surface area contributed by atoms with E-state index in [0.717, 1.165) is 5.57 Å². The van der Waals surface area contributed by atoms with E-state index in [-0.39, 0.29) is 23.7 Å². The lowest BCUT2D eigenvalue weighted by atomic mass is 9.77. The number of carbonyl (C=O) groups is 1. The Balaban J connectivity index is 1.79. The Morgan fingerprint density at radius 3 is 2.95 bits per heavy atom. The Kier molecular flexibility index (Phi) is 3.19. The summed E-state index contributed by atoms with van der Waals surface area (Å²) in [7, 11) is 0. The van der Waals surface area contributed by atoms with E-state index in [1.54, 1.807) is 0 Å². The Labute approximate surface area is 118 Å². The molecule has 1 aliphatic carbocycles. The lowest BCUT2D eigenvalue weighted by molar-refractivity contribution is -0.365. The molecule has 0 radical (unpaired) electrons. The molecule has 0 aromatic carbocycles. The molecule has 0 amide bonds. The number of aliphatic hydroxyl groups excluding tert-OH is 1. The Bertz CT molecular complexity index is 446. The minimum absolute atomic E-state index is 0.0966. The van der Waals surface area contributed by atoms with Gasteiger partial charge in [0.2, 0.25) is 6.29 Å². The largest absolute Gasteiger partial charge is 0.435 e. The third-order valence-electron chi connectivity index (χ3n) is 4.75. The number of rotatable bonds is 3. The molecule has 5 nitrogen and oxygen atoms in total. The molecule has 0 unspecified atom stereocenters. The Morgan fingerprint density at radius 1 is 1.60 bits per heavy atom. The Morgan fingerprint density at radius 2 is 2.30 bits per heavy atom. The van der Waals surface area contributed by atoms with Crippen LogP contribution in [0.15, 0.2) is 12.2 Å². The molecule has 6 atom stereocenters. The van der Waals surface area contributed by atoms with Crippen LogP contribution in [0.25, 0.3) is 0 Å². The third kappa shape index (κ3) is 1.91. The Hall–Kier alpha value is -0.910. The third-order valence-corrected chi connectivity index (χ3v) is 4.75. The van der Waals surface area contributed by atoms with Gasteiger partial charge in [-0.3, -0.25) is 4.79 Å². The van der Waals surface area contributed by atoms with Gasteiger partial charge in [0, 0.05) is 6.42 Å². The van der Waals surface area contributed by atoms with Gasteiger partial charge in [-0.25, -0.2) is 0 Å². The zero-order chi connectivity index (χ0) is 14.7. The highest BCUT2D eigenvalue weighted by Gasteiger charge is 2.66. The molecule has 3 saturated heterocycles. The average Bonchev–Trinajstić information content (AvgIpc) is 2.55. The van der Waals surface area contributed by atoms with Gasteiger partial charge in [-0.1, -0.05) is 20.4 Å². The van der Waals surface area contributed by atoms with Crippen molar-refractivity contribution >= 4 is 5.97 Å². The molecule has 3 aliphatic heterocycles. The number of esters is 1. The monoisotopic (exact) mass is 282 g/mol. The van der Waals surface area contributed by atoms with Crippen molar-refractivity contribution in [2.75, 3.05) is 0 Å². The second-order valence-corrected chi connectivity index (χ2v) is 6.68. The lowest BCUT2D eigenvalue weighted by Gasteiger charge is -2.52. The highest BCUT2D eigenvalue weighted by atomic mass is 16.8. The summed E-state index contributed by atoms with van der Waals surface area (Å²) >= 11 is 0. The van der Waals surface area contributed by atoms with Crippen LogP contribution in [0.3, 0.4) is 0 Å². The van der Waals surface area contributed by atoms with Gasteiger partial charge in [-0.2, -0.15) is 0 Å². The van der Waals surface area contributed by atoms with Gasteiger partial charge in [-0.15, -0.1) is 0 Å². The maximum atomic E-state index is 11.9. The molecule has 4 fully saturated rings. The quantitative estimate of drug-likeness (QED) is 0.629. The van der Waals surface area contributed by atoms with Crippen molar-refractivity contribution in [3.8, 4) is 0 Å². The predicted octanol–water partition coefficient (Wildman–Crippen LogP) is 1.60. The summed E-state index contributed by atoms with van der Waals surface area (Å²) in [5.41, 5.74) is 0.137. The minimum atomic E-state index is -0.711. The van der Waals surface area contributed by atoms with Crippen LogP contribution in [0, 0.1) is 17.8 Å². The van der Waals surface area contributed by atoms with E-state index in [0.29, 0.717) is 12.8 Å². The summed E-state index contributed by atoms with van der Waals surface area (Å²) in [5.74, 6) is -0.0986. The smallest absolute Gasteiger partial charge is 0.308 e. The maximum absolute atomic E-state index is 11.9. The number of carbonyl (C=O) groups excluding carboxylic acids is 1. The van der Waals surface area contributed by atoms with Gasteiger partial charge in [0.15, 0.2) is 6.29 Å². The molecule has 4 aliphatic rings. The van der Waals surface area contributed by atoms with Gasteiger partial charge in [0.1, 0.15) is 5.60 Å². The van der Waals surface area contributed by atoms with Crippen LogP contribution < -0.4 is 0 Å². The summed E-state index contributed by atoms with van der Waals surface area (Å²) in [6.07, 6.45) is -0.836. The second-order valence-electron chi connectivity index (χ2n) is 6.68. The zero-order valence-electron chi connectivity index (χ0n) is 12.2. The van der Waals surface area contributed by atoms with Gasteiger partial charge in [0.05, 0.1) is 12.0 Å². The lowest BCUT2D eigenvalue weighted by Crippen LogP contribution is -2.62. The van der Waals surface area contributed by atoms with Crippen LogP contribution >= 0.6 is 0 Å². The average molecular weight is 282 g/mol. The fraction of sp³-hybridized carbons (Fsp3) is 0.800. The fourth-order valence-electron chi connectivity index (χ4n) is 3.66. The maximum Gasteiger partial charge on any atom is 0.308 e. The number of hydrogen-bond donors (Lipinski definition) is 1. The molecule has 1 saturated carbocycles. The summed E-state index contributed by atoms with van der Waals surface area (Å²) in [6, 6.07) is 0. The van der Waals surface area contributed by atoms with Gasteiger partial charge < -0.3 is 19.3 Å². The van der Waals surface area contributed by atoms with E-state index in [4.69, 9.17) is 14.2 Å². The molecule has 1 N–H and O–H groups in total. The standard InChI is InChI=1S/C15H22O5/c1-7(2)5-11(17)18-14-12-9-6-10(16)15(12,4)20-13(19-14)8(9)3/h7,9-10,12-14,16H,3,5-6H2,1-2,4H3/t9-,10-,12+,13-,14+,15+/m0/s1. The molecule has 4 rings (SSSR count). The molecule has 0 spiro atoms. The first-order chi connectivity index (χ1) is 9.33. The first-order valence-corrected chi connectivity index (χ1v) is 7.22. The second kappa shape index (κ2) is 4.55. The molecule has 112 valence electrons.